The van der Waals surface area contributed by atoms with Crippen LogP contribution in [-0.4, -0.2) is 24.2 Å². The van der Waals surface area contributed by atoms with Crippen molar-refractivity contribution in [3.05, 3.63) is 51.2 Å². The number of ether oxygens (including phenoxy) is 2. The number of amides is 1. The Morgan fingerprint density at radius 3 is 2.81 bits per heavy atom. The average Bonchev–Trinajstić information content (AvgIpc) is 2.98. The van der Waals surface area contributed by atoms with Gasteiger partial charge in [0.2, 0.25) is 0 Å². The minimum atomic E-state index is -0.461. The van der Waals surface area contributed by atoms with E-state index in [0.717, 1.165) is 10.2 Å². The Morgan fingerprint density at radius 1 is 1.30 bits per heavy atom. The predicted molar refractivity (Wildman–Crippen MR) is 108 cm³/mol. The summed E-state index contributed by atoms with van der Waals surface area (Å²) >= 11 is 13.2. The molecule has 1 amide bonds. The summed E-state index contributed by atoms with van der Waals surface area (Å²) in [5.74, 6) is 3.14. The first-order chi connectivity index (χ1) is 13.0. The number of carbonyl (C=O) groups is 1. The van der Waals surface area contributed by atoms with Crippen molar-refractivity contribution in [1.82, 2.24) is 4.57 Å². The zero-order chi connectivity index (χ0) is 19.4. The first-order valence-electron chi connectivity index (χ1n) is 7.78. The number of para-hydroxylation sites is 1. The van der Waals surface area contributed by atoms with Gasteiger partial charge in [-0.2, -0.15) is 4.99 Å². The van der Waals surface area contributed by atoms with Gasteiger partial charge < -0.3 is 14.0 Å². The van der Waals surface area contributed by atoms with E-state index in [2.05, 4.69) is 10.9 Å². The average molecular weight is 421 g/mol. The van der Waals surface area contributed by atoms with Gasteiger partial charge >= 0.3 is 0 Å². The summed E-state index contributed by atoms with van der Waals surface area (Å²) in [4.78, 5) is 16.9. The summed E-state index contributed by atoms with van der Waals surface area (Å²) in [5.41, 5.74) is 0.802. The van der Waals surface area contributed by atoms with Crippen LogP contribution < -0.4 is 14.3 Å². The Labute approximate surface area is 169 Å². The topological polar surface area (TPSA) is 52.8 Å². The number of nitrogens with zero attached hydrogens (tertiary/aromatic N) is 2. The Bertz CT molecular complexity index is 1110. The minimum absolute atomic E-state index is 0.260. The molecule has 0 saturated carbocycles. The molecule has 0 bridgehead atoms. The lowest BCUT2D eigenvalue weighted by atomic mass is 10.3. The molecule has 0 aliphatic rings. The van der Waals surface area contributed by atoms with E-state index >= 15 is 0 Å². The number of thiazole rings is 1. The van der Waals surface area contributed by atoms with Gasteiger partial charge in [0.1, 0.15) is 17.0 Å². The summed E-state index contributed by atoms with van der Waals surface area (Å²) < 4.78 is 13.5. The van der Waals surface area contributed by atoms with E-state index in [4.69, 9.17) is 39.1 Å². The van der Waals surface area contributed by atoms with Crippen molar-refractivity contribution in [2.24, 2.45) is 4.99 Å². The minimum Gasteiger partial charge on any atom is -0.495 e. The summed E-state index contributed by atoms with van der Waals surface area (Å²) in [6, 6.07) is 10.4. The molecule has 0 spiro atoms. The molecule has 3 aromatic rings. The van der Waals surface area contributed by atoms with Crippen molar-refractivity contribution in [3.8, 4) is 23.8 Å². The van der Waals surface area contributed by atoms with Crippen LogP contribution in [0, 0.1) is 12.3 Å². The van der Waals surface area contributed by atoms with Crippen LogP contribution in [-0.2, 0) is 11.3 Å². The third-order valence-corrected chi connectivity index (χ3v) is 5.17. The molecule has 0 atom stereocenters. The molecule has 0 saturated heterocycles. The molecule has 138 valence electrons. The second-order valence-corrected chi connectivity index (χ2v) is 7.20. The van der Waals surface area contributed by atoms with Crippen LogP contribution in [0.15, 0.2) is 41.4 Å². The van der Waals surface area contributed by atoms with Gasteiger partial charge in [0.15, 0.2) is 11.4 Å². The monoisotopic (exact) mass is 420 g/mol. The molecule has 0 fully saturated rings. The SMILES string of the molecule is C#CCn1c(=NC(=O)COc2ccc(Cl)cc2Cl)sc2cccc(OC)c21. The first-order valence-corrected chi connectivity index (χ1v) is 9.36. The molecular formula is C19H14Cl2N2O3S. The van der Waals surface area contributed by atoms with E-state index in [1.165, 1.54) is 11.3 Å². The summed E-state index contributed by atoms with van der Waals surface area (Å²) in [6.45, 7) is -0.000851. The van der Waals surface area contributed by atoms with E-state index in [9.17, 15) is 4.79 Å². The van der Waals surface area contributed by atoms with E-state index < -0.39 is 5.91 Å². The Kier molecular flexibility index (Phi) is 6.07. The molecule has 1 aromatic heterocycles. The number of rotatable bonds is 5. The normalized spacial score (nSPS) is 11.4. The van der Waals surface area contributed by atoms with Gasteiger partial charge in [-0.25, -0.2) is 0 Å². The molecule has 0 N–H and O–H groups in total. The van der Waals surface area contributed by atoms with Crippen molar-refractivity contribution in [3.63, 3.8) is 0 Å². The third-order valence-electron chi connectivity index (χ3n) is 3.60. The third kappa shape index (κ3) is 4.28. The highest BCUT2D eigenvalue weighted by Crippen LogP contribution is 2.28. The van der Waals surface area contributed by atoms with Crippen molar-refractivity contribution >= 4 is 50.7 Å². The molecule has 5 nitrogen and oxygen atoms in total. The number of aromatic nitrogens is 1. The number of fused-ring (bicyclic) bond motifs is 1. The van der Waals surface area contributed by atoms with Crippen molar-refractivity contribution in [2.45, 2.75) is 6.54 Å². The molecule has 8 heteroatoms. The largest absolute Gasteiger partial charge is 0.495 e. The highest BCUT2D eigenvalue weighted by Gasteiger charge is 2.12. The zero-order valence-electron chi connectivity index (χ0n) is 14.2. The van der Waals surface area contributed by atoms with Crippen molar-refractivity contribution in [1.29, 1.82) is 0 Å². The van der Waals surface area contributed by atoms with Gasteiger partial charge in [-0.15, -0.1) is 6.42 Å². The molecule has 27 heavy (non-hydrogen) atoms. The number of terminal acetylenes is 1. The highest BCUT2D eigenvalue weighted by molar-refractivity contribution is 7.16. The molecule has 3 rings (SSSR count). The molecule has 0 aliphatic carbocycles. The smallest absolute Gasteiger partial charge is 0.286 e. The number of benzene rings is 2. The molecule has 2 aromatic carbocycles. The van der Waals surface area contributed by atoms with Crippen LogP contribution in [0.2, 0.25) is 10.0 Å². The van der Waals surface area contributed by atoms with Gasteiger partial charge in [0.25, 0.3) is 5.91 Å². The van der Waals surface area contributed by atoms with Gasteiger partial charge in [0.05, 0.1) is 23.4 Å². The molecule has 0 radical (unpaired) electrons. The second kappa shape index (κ2) is 8.49. The van der Waals surface area contributed by atoms with Crippen LogP contribution in [0.1, 0.15) is 0 Å². The number of carbonyl (C=O) groups excluding carboxylic acids is 1. The maximum absolute atomic E-state index is 12.3. The van der Waals surface area contributed by atoms with Gasteiger partial charge in [0, 0.05) is 5.02 Å². The maximum atomic E-state index is 12.3. The molecular weight excluding hydrogens is 407 g/mol. The van der Waals surface area contributed by atoms with Gasteiger partial charge in [-0.3, -0.25) is 4.79 Å². The van der Waals surface area contributed by atoms with E-state index in [1.807, 2.05) is 18.2 Å². The summed E-state index contributed by atoms with van der Waals surface area (Å²) in [6.07, 6.45) is 5.48. The van der Waals surface area contributed by atoms with Crippen LogP contribution in [0.5, 0.6) is 11.5 Å². The van der Waals surface area contributed by atoms with E-state index in [-0.39, 0.29) is 13.2 Å². The highest BCUT2D eigenvalue weighted by atomic mass is 35.5. The van der Waals surface area contributed by atoms with Gasteiger partial charge in [-0.05, 0) is 30.3 Å². The molecule has 0 unspecified atom stereocenters. The maximum Gasteiger partial charge on any atom is 0.286 e. The Balaban J connectivity index is 1.91. The fourth-order valence-corrected chi connectivity index (χ4v) is 3.98. The lowest BCUT2D eigenvalue weighted by Gasteiger charge is -2.06. The molecule has 0 aliphatic heterocycles. The summed E-state index contributed by atoms with van der Waals surface area (Å²) in [7, 11) is 1.58. The van der Waals surface area contributed by atoms with Crippen LogP contribution in [0.25, 0.3) is 10.2 Å². The van der Waals surface area contributed by atoms with Gasteiger partial charge in [-0.1, -0.05) is 46.5 Å². The van der Waals surface area contributed by atoms with E-state index in [1.54, 1.807) is 29.9 Å². The fraction of sp³-hybridized carbons (Fsp3) is 0.158. The van der Waals surface area contributed by atoms with Crippen LogP contribution in [0.3, 0.4) is 0 Å². The first kappa shape index (κ1) is 19.3. The van der Waals surface area contributed by atoms with Crippen molar-refractivity contribution in [2.75, 3.05) is 13.7 Å². The number of hydrogen-bond donors (Lipinski definition) is 0. The van der Waals surface area contributed by atoms with E-state index in [0.29, 0.717) is 26.3 Å². The lowest BCUT2D eigenvalue weighted by Crippen LogP contribution is -2.19. The quantitative estimate of drug-likeness (QED) is 0.582. The fourth-order valence-electron chi connectivity index (χ4n) is 2.46. The van der Waals surface area contributed by atoms with Crippen LogP contribution in [0.4, 0.5) is 0 Å². The van der Waals surface area contributed by atoms with Crippen LogP contribution >= 0.6 is 34.5 Å². The number of halogens is 2. The second-order valence-electron chi connectivity index (χ2n) is 5.35. The standard InChI is InChI=1S/C19H14Cl2N2O3S/c1-3-9-23-18-15(25-2)5-4-6-16(18)27-19(23)22-17(24)11-26-14-8-7-12(20)10-13(14)21/h1,4-8,10H,9,11H2,2H3. The zero-order valence-corrected chi connectivity index (χ0v) is 16.6. The number of methoxy groups -OCH3 is 1. The summed E-state index contributed by atoms with van der Waals surface area (Å²) in [5, 5.41) is 0.808. The molecule has 1 heterocycles. The number of hydrogen-bond acceptors (Lipinski definition) is 4. The Morgan fingerprint density at radius 2 is 2.11 bits per heavy atom. The predicted octanol–water partition coefficient (Wildman–Crippen LogP) is 4.16. The lowest BCUT2D eigenvalue weighted by molar-refractivity contribution is -0.120. The Hall–Kier alpha value is -2.46. The van der Waals surface area contributed by atoms with Crippen molar-refractivity contribution < 1.29 is 14.3 Å².